The van der Waals surface area contributed by atoms with Gasteiger partial charge in [0.25, 0.3) is 0 Å². The van der Waals surface area contributed by atoms with Crippen molar-refractivity contribution in [2.24, 2.45) is 0 Å². The highest BCUT2D eigenvalue weighted by atomic mass is 32.1. The summed E-state index contributed by atoms with van der Waals surface area (Å²) in [5, 5.41) is 16.4. The molecule has 0 spiro atoms. The fraction of sp³-hybridized carbons (Fsp3) is 0.200. The van der Waals surface area contributed by atoms with Crippen molar-refractivity contribution in [3.05, 3.63) is 52.5 Å². The molecule has 0 aliphatic rings. The van der Waals surface area contributed by atoms with E-state index in [1.165, 1.54) is 0 Å². The fourth-order valence-corrected chi connectivity index (χ4v) is 2.75. The summed E-state index contributed by atoms with van der Waals surface area (Å²) in [6.45, 7) is 0.267. The molecule has 7 nitrogen and oxygen atoms in total. The second-order valence-corrected chi connectivity index (χ2v) is 5.77. The molecular weight excluding hydrogens is 314 g/mol. The summed E-state index contributed by atoms with van der Waals surface area (Å²) in [6, 6.07) is 11.2. The summed E-state index contributed by atoms with van der Waals surface area (Å²) in [7, 11) is 1.61. The number of nitrogens with zero attached hydrogens (tertiary/aromatic N) is 4. The molecule has 118 valence electrons. The summed E-state index contributed by atoms with van der Waals surface area (Å²) in [4.78, 5) is 13.0. The predicted octanol–water partition coefficient (Wildman–Crippen LogP) is 1.59. The molecule has 2 heterocycles. The van der Waals surface area contributed by atoms with E-state index in [1.54, 1.807) is 23.1 Å². The molecule has 0 unspecified atom stereocenters. The molecule has 0 aliphatic carbocycles. The highest BCUT2D eigenvalue weighted by Gasteiger charge is 2.10. The molecule has 0 aliphatic heterocycles. The van der Waals surface area contributed by atoms with Crippen LogP contribution in [-0.2, 0) is 17.8 Å². The Morgan fingerprint density at radius 2 is 2.13 bits per heavy atom. The minimum atomic E-state index is -0.0586. The number of rotatable bonds is 6. The van der Waals surface area contributed by atoms with Gasteiger partial charge in [0.05, 0.1) is 25.8 Å². The van der Waals surface area contributed by atoms with Crippen LogP contribution in [0.2, 0.25) is 0 Å². The summed E-state index contributed by atoms with van der Waals surface area (Å²) in [5.74, 6) is 1.26. The van der Waals surface area contributed by atoms with Gasteiger partial charge in [0.2, 0.25) is 5.91 Å². The van der Waals surface area contributed by atoms with Crippen LogP contribution in [-0.4, -0.2) is 33.2 Å². The number of carbonyl (C=O) groups excluding carboxylic acids is 1. The first-order valence-electron chi connectivity index (χ1n) is 6.97. The Kier molecular flexibility index (Phi) is 4.62. The van der Waals surface area contributed by atoms with E-state index in [9.17, 15) is 4.79 Å². The van der Waals surface area contributed by atoms with E-state index in [1.807, 2.05) is 41.8 Å². The number of methoxy groups -OCH3 is 1. The zero-order valence-corrected chi connectivity index (χ0v) is 13.3. The Balaban J connectivity index is 1.65. The van der Waals surface area contributed by atoms with Crippen LogP contribution in [0.25, 0.3) is 5.69 Å². The van der Waals surface area contributed by atoms with Crippen molar-refractivity contribution >= 4 is 17.2 Å². The van der Waals surface area contributed by atoms with Gasteiger partial charge in [-0.05, 0) is 46.1 Å². The average Bonchev–Trinajstić information content (AvgIpc) is 3.24. The van der Waals surface area contributed by atoms with Gasteiger partial charge in [0.1, 0.15) is 5.75 Å². The molecule has 0 radical (unpaired) electrons. The average molecular weight is 329 g/mol. The van der Waals surface area contributed by atoms with E-state index < -0.39 is 0 Å². The van der Waals surface area contributed by atoms with Gasteiger partial charge in [-0.3, -0.25) is 4.79 Å². The van der Waals surface area contributed by atoms with Crippen molar-refractivity contribution in [2.45, 2.75) is 13.0 Å². The third kappa shape index (κ3) is 3.72. The first-order valence-corrected chi connectivity index (χ1v) is 7.85. The zero-order chi connectivity index (χ0) is 16.1. The zero-order valence-electron chi connectivity index (χ0n) is 12.5. The topological polar surface area (TPSA) is 81.9 Å². The second kappa shape index (κ2) is 7.01. The number of aromatic nitrogens is 4. The van der Waals surface area contributed by atoms with Crippen LogP contribution in [0.3, 0.4) is 0 Å². The van der Waals surface area contributed by atoms with Crippen LogP contribution >= 0.6 is 11.3 Å². The molecule has 8 heteroatoms. The van der Waals surface area contributed by atoms with Crippen LogP contribution in [0, 0.1) is 0 Å². The van der Waals surface area contributed by atoms with Gasteiger partial charge in [0.15, 0.2) is 5.82 Å². The lowest BCUT2D eigenvalue weighted by molar-refractivity contribution is -0.120. The number of hydrogen-bond acceptors (Lipinski definition) is 6. The standard InChI is InChI=1S/C15H15N5O2S/c1-22-12-6-4-11(5-7-12)20-14(17-18-19-20)10-16-15(21)9-13-3-2-8-23-13/h2-8H,9-10H2,1H3,(H,16,21). The molecule has 2 aromatic heterocycles. The molecule has 0 fully saturated rings. The predicted molar refractivity (Wildman–Crippen MR) is 85.6 cm³/mol. The number of nitrogens with one attached hydrogen (secondary N) is 1. The van der Waals surface area contributed by atoms with Crippen LogP contribution in [0.1, 0.15) is 10.7 Å². The number of amides is 1. The smallest absolute Gasteiger partial charge is 0.225 e. The summed E-state index contributed by atoms with van der Waals surface area (Å²) < 4.78 is 6.72. The number of thiophene rings is 1. The Morgan fingerprint density at radius 1 is 1.30 bits per heavy atom. The van der Waals surface area contributed by atoms with Gasteiger partial charge in [-0.2, -0.15) is 4.68 Å². The van der Waals surface area contributed by atoms with Crippen LogP contribution in [0.4, 0.5) is 0 Å². The summed E-state index contributed by atoms with van der Waals surface area (Å²) in [5.41, 5.74) is 0.804. The maximum Gasteiger partial charge on any atom is 0.225 e. The van der Waals surface area contributed by atoms with E-state index in [-0.39, 0.29) is 12.5 Å². The lowest BCUT2D eigenvalue weighted by Gasteiger charge is -2.07. The van der Waals surface area contributed by atoms with Gasteiger partial charge in [-0.1, -0.05) is 6.07 Å². The highest BCUT2D eigenvalue weighted by molar-refractivity contribution is 7.10. The van der Waals surface area contributed by atoms with Crippen molar-refractivity contribution in [3.8, 4) is 11.4 Å². The fourth-order valence-electron chi connectivity index (χ4n) is 2.05. The van der Waals surface area contributed by atoms with Gasteiger partial charge in [-0.15, -0.1) is 16.4 Å². The van der Waals surface area contributed by atoms with E-state index >= 15 is 0 Å². The second-order valence-electron chi connectivity index (χ2n) is 4.74. The number of ether oxygens (including phenoxy) is 1. The highest BCUT2D eigenvalue weighted by Crippen LogP contribution is 2.15. The minimum absolute atomic E-state index is 0.0586. The van der Waals surface area contributed by atoms with Crippen molar-refractivity contribution < 1.29 is 9.53 Å². The molecule has 1 amide bonds. The van der Waals surface area contributed by atoms with Crippen molar-refractivity contribution in [1.82, 2.24) is 25.5 Å². The Labute approximate surface area is 136 Å². The molecule has 0 saturated carbocycles. The monoisotopic (exact) mass is 329 g/mol. The molecule has 0 atom stereocenters. The van der Waals surface area contributed by atoms with Gasteiger partial charge >= 0.3 is 0 Å². The van der Waals surface area contributed by atoms with Crippen LogP contribution in [0.15, 0.2) is 41.8 Å². The van der Waals surface area contributed by atoms with E-state index in [0.29, 0.717) is 12.2 Å². The first kappa shape index (κ1) is 15.2. The molecule has 23 heavy (non-hydrogen) atoms. The maximum absolute atomic E-state index is 11.9. The Hall–Kier alpha value is -2.74. The molecule has 1 aromatic carbocycles. The lowest BCUT2D eigenvalue weighted by atomic mass is 10.3. The SMILES string of the molecule is COc1ccc(-n2nnnc2CNC(=O)Cc2cccs2)cc1. The van der Waals surface area contributed by atoms with Crippen molar-refractivity contribution in [3.63, 3.8) is 0 Å². The van der Waals surface area contributed by atoms with Gasteiger partial charge in [0, 0.05) is 4.88 Å². The van der Waals surface area contributed by atoms with E-state index in [0.717, 1.165) is 16.3 Å². The Morgan fingerprint density at radius 3 is 2.83 bits per heavy atom. The van der Waals surface area contributed by atoms with Gasteiger partial charge in [-0.25, -0.2) is 0 Å². The number of carbonyl (C=O) groups is 1. The molecule has 0 bridgehead atoms. The Bertz CT molecular complexity index is 768. The number of tetrazole rings is 1. The lowest BCUT2D eigenvalue weighted by Crippen LogP contribution is -2.26. The van der Waals surface area contributed by atoms with Crippen molar-refractivity contribution in [2.75, 3.05) is 7.11 Å². The maximum atomic E-state index is 11.9. The molecule has 0 saturated heterocycles. The van der Waals surface area contributed by atoms with Gasteiger partial charge < -0.3 is 10.1 Å². The number of hydrogen-bond donors (Lipinski definition) is 1. The molecule has 1 N–H and O–H groups in total. The minimum Gasteiger partial charge on any atom is -0.497 e. The molecular formula is C15H15N5O2S. The third-order valence-electron chi connectivity index (χ3n) is 3.21. The first-order chi connectivity index (χ1) is 11.3. The van der Waals surface area contributed by atoms with Crippen LogP contribution in [0.5, 0.6) is 5.75 Å². The number of benzene rings is 1. The largest absolute Gasteiger partial charge is 0.497 e. The summed E-state index contributed by atoms with van der Waals surface area (Å²) >= 11 is 1.56. The summed E-state index contributed by atoms with van der Waals surface area (Å²) in [6.07, 6.45) is 0.363. The normalized spacial score (nSPS) is 10.5. The molecule has 3 aromatic rings. The quantitative estimate of drug-likeness (QED) is 0.743. The van der Waals surface area contributed by atoms with E-state index in [4.69, 9.17) is 4.74 Å². The van der Waals surface area contributed by atoms with Crippen LogP contribution < -0.4 is 10.1 Å². The molecule has 3 rings (SSSR count). The van der Waals surface area contributed by atoms with E-state index in [2.05, 4.69) is 20.8 Å². The third-order valence-corrected chi connectivity index (χ3v) is 4.09. The van der Waals surface area contributed by atoms with Crippen molar-refractivity contribution in [1.29, 1.82) is 0 Å².